The van der Waals surface area contributed by atoms with Crippen molar-refractivity contribution in [2.45, 2.75) is 13.8 Å². The van der Waals surface area contributed by atoms with Crippen molar-refractivity contribution in [3.8, 4) is 5.75 Å². The molecule has 0 atom stereocenters. The van der Waals surface area contributed by atoms with Crippen LogP contribution in [0.2, 0.25) is 0 Å². The first-order chi connectivity index (χ1) is 10.5. The minimum atomic E-state index is -0.388. The number of nitrogens with one attached hydrogen (secondary N) is 1. The number of anilines is 2. The predicted molar refractivity (Wildman–Crippen MR) is 78.9 cm³/mol. The first-order valence-corrected chi connectivity index (χ1v) is 6.81. The van der Waals surface area contributed by atoms with E-state index < -0.39 is 0 Å². The number of aromatic nitrogens is 1. The van der Waals surface area contributed by atoms with Gasteiger partial charge in [0.05, 0.1) is 12.2 Å². The van der Waals surface area contributed by atoms with Crippen molar-refractivity contribution in [2.24, 2.45) is 0 Å². The van der Waals surface area contributed by atoms with Crippen molar-refractivity contribution in [3.63, 3.8) is 0 Å². The van der Waals surface area contributed by atoms with Gasteiger partial charge in [-0.1, -0.05) is 11.2 Å². The van der Waals surface area contributed by atoms with E-state index in [-0.39, 0.29) is 25.0 Å². The van der Waals surface area contributed by atoms with Gasteiger partial charge in [0.2, 0.25) is 5.91 Å². The lowest BCUT2D eigenvalue weighted by Crippen LogP contribution is -2.41. The van der Waals surface area contributed by atoms with Gasteiger partial charge in [0.15, 0.2) is 11.6 Å². The van der Waals surface area contributed by atoms with Crippen molar-refractivity contribution in [1.82, 2.24) is 5.16 Å². The smallest absolute Gasteiger partial charge is 0.331 e. The number of carbonyl (C=O) groups is 2. The highest BCUT2D eigenvalue weighted by Crippen LogP contribution is 2.32. The summed E-state index contributed by atoms with van der Waals surface area (Å²) in [6.07, 6.45) is 0. The van der Waals surface area contributed by atoms with E-state index in [1.54, 1.807) is 24.0 Å². The van der Waals surface area contributed by atoms with E-state index in [1.807, 2.05) is 19.1 Å². The molecule has 2 aromatic rings. The van der Waals surface area contributed by atoms with E-state index in [2.05, 4.69) is 10.5 Å². The van der Waals surface area contributed by atoms with Crippen LogP contribution in [0, 0.1) is 13.8 Å². The minimum absolute atomic E-state index is 0.0253. The standard InChI is InChI=1S/C15H15N3O4/c1-9-3-4-12-11(5-9)18(8-15(20)21-12)7-14(19)16-13-6-10(2)22-17-13/h3-6H,7-8H2,1-2H3,(H,16,17,19). The normalized spacial score (nSPS) is 13.5. The summed E-state index contributed by atoms with van der Waals surface area (Å²) in [5.74, 6) is 0.758. The molecule has 114 valence electrons. The van der Waals surface area contributed by atoms with Crippen LogP contribution in [0.15, 0.2) is 28.8 Å². The molecule has 0 fully saturated rings. The van der Waals surface area contributed by atoms with Crippen molar-refractivity contribution in [1.29, 1.82) is 0 Å². The highest BCUT2D eigenvalue weighted by Gasteiger charge is 2.25. The summed E-state index contributed by atoms with van der Waals surface area (Å²) in [6.45, 7) is 3.73. The van der Waals surface area contributed by atoms with Crippen molar-refractivity contribution in [3.05, 3.63) is 35.6 Å². The number of ether oxygens (including phenoxy) is 1. The predicted octanol–water partition coefficient (Wildman–Crippen LogP) is 1.66. The molecule has 1 amide bonds. The van der Waals surface area contributed by atoms with Gasteiger partial charge in [0, 0.05) is 6.07 Å². The number of aryl methyl sites for hydroxylation is 2. The Kier molecular flexibility index (Phi) is 3.54. The van der Waals surface area contributed by atoms with Gasteiger partial charge >= 0.3 is 5.97 Å². The summed E-state index contributed by atoms with van der Waals surface area (Å²) in [6, 6.07) is 7.09. The maximum absolute atomic E-state index is 12.1. The number of hydrogen-bond donors (Lipinski definition) is 1. The zero-order chi connectivity index (χ0) is 15.7. The molecule has 1 aliphatic heterocycles. The molecule has 1 aromatic heterocycles. The van der Waals surface area contributed by atoms with E-state index in [0.29, 0.717) is 17.3 Å². The van der Waals surface area contributed by atoms with Crippen LogP contribution in [-0.4, -0.2) is 30.1 Å². The molecular formula is C15H15N3O4. The quantitative estimate of drug-likeness (QED) is 0.685. The molecule has 3 rings (SSSR count). The van der Waals surface area contributed by atoms with E-state index in [0.717, 1.165) is 11.3 Å². The second kappa shape index (κ2) is 5.51. The molecule has 22 heavy (non-hydrogen) atoms. The fraction of sp³-hybridized carbons (Fsp3) is 0.267. The number of amides is 1. The van der Waals surface area contributed by atoms with Gasteiger partial charge in [-0.25, -0.2) is 4.79 Å². The largest absolute Gasteiger partial charge is 0.423 e. The Labute approximate surface area is 126 Å². The van der Waals surface area contributed by atoms with E-state index in [1.165, 1.54) is 0 Å². The number of benzene rings is 1. The maximum Gasteiger partial charge on any atom is 0.331 e. The Bertz CT molecular complexity index is 738. The Morgan fingerprint density at radius 2 is 2.18 bits per heavy atom. The molecule has 1 aliphatic rings. The maximum atomic E-state index is 12.1. The molecule has 2 heterocycles. The number of esters is 1. The minimum Gasteiger partial charge on any atom is -0.423 e. The molecule has 0 saturated heterocycles. The van der Waals surface area contributed by atoms with Gasteiger partial charge in [-0.05, 0) is 31.5 Å². The lowest BCUT2D eigenvalue weighted by Gasteiger charge is -2.29. The van der Waals surface area contributed by atoms with Gasteiger partial charge in [0.1, 0.15) is 12.3 Å². The third-order valence-corrected chi connectivity index (χ3v) is 3.23. The number of hydrogen-bond acceptors (Lipinski definition) is 6. The van der Waals surface area contributed by atoms with Gasteiger partial charge < -0.3 is 19.5 Å². The Morgan fingerprint density at radius 3 is 2.91 bits per heavy atom. The van der Waals surface area contributed by atoms with Gasteiger partial charge in [-0.3, -0.25) is 4.79 Å². The summed E-state index contributed by atoms with van der Waals surface area (Å²) >= 11 is 0. The average molecular weight is 301 g/mol. The first kappa shape index (κ1) is 14.1. The van der Waals surface area contributed by atoms with Crippen molar-refractivity contribution in [2.75, 3.05) is 23.3 Å². The topological polar surface area (TPSA) is 84.7 Å². The lowest BCUT2D eigenvalue weighted by molar-refractivity contribution is -0.133. The molecule has 0 bridgehead atoms. The number of fused-ring (bicyclic) bond motifs is 1. The van der Waals surface area contributed by atoms with Crippen molar-refractivity contribution < 1.29 is 18.8 Å². The van der Waals surface area contributed by atoms with E-state index >= 15 is 0 Å². The molecule has 1 aromatic carbocycles. The van der Waals surface area contributed by atoms with Gasteiger partial charge in [0.25, 0.3) is 0 Å². The van der Waals surface area contributed by atoms with E-state index in [4.69, 9.17) is 9.26 Å². The summed E-state index contributed by atoms with van der Waals surface area (Å²) < 4.78 is 10.1. The molecule has 7 heteroatoms. The van der Waals surface area contributed by atoms with Crippen LogP contribution in [0.1, 0.15) is 11.3 Å². The molecule has 0 aliphatic carbocycles. The SMILES string of the molecule is Cc1ccc2c(c1)N(CC(=O)Nc1cc(C)on1)CC(=O)O2. The van der Waals surface area contributed by atoms with Crippen LogP contribution in [0.3, 0.4) is 0 Å². The summed E-state index contributed by atoms with van der Waals surface area (Å²) in [7, 11) is 0. The highest BCUT2D eigenvalue weighted by atomic mass is 16.5. The highest BCUT2D eigenvalue weighted by molar-refractivity contribution is 5.95. The zero-order valence-electron chi connectivity index (χ0n) is 12.3. The Morgan fingerprint density at radius 1 is 1.36 bits per heavy atom. The fourth-order valence-corrected chi connectivity index (χ4v) is 2.28. The third kappa shape index (κ3) is 2.93. The van der Waals surface area contributed by atoms with Crippen LogP contribution in [0.25, 0.3) is 0 Å². The molecule has 0 radical (unpaired) electrons. The number of nitrogens with zero attached hydrogens (tertiary/aromatic N) is 2. The molecule has 0 saturated carbocycles. The van der Waals surface area contributed by atoms with Crippen LogP contribution in [-0.2, 0) is 9.59 Å². The van der Waals surface area contributed by atoms with E-state index in [9.17, 15) is 9.59 Å². The Hall–Kier alpha value is -2.83. The van der Waals surface area contributed by atoms with Gasteiger partial charge in [-0.15, -0.1) is 0 Å². The fourth-order valence-electron chi connectivity index (χ4n) is 2.28. The molecule has 1 N–H and O–H groups in total. The average Bonchev–Trinajstić information content (AvgIpc) is 2.84. The molecule has 0 unspecified atom stereocenters. The summed E-state index contributed by atoms with van der Waals surface area (Å²) in [5.41, 5.74) is 1.75. The van der Waals surface area contributed by atoms with Crippen LogP contribution < -0.4 is 15.0 Å². The molecular weight excluding hydrogens is 286 g/mol. The zero-order valence-corrected chi connectivity index (χ0v) is 12.3. The van der Waals surface area contributed by atoms with Gasteiger partial charge in [-0.2, -0.15) is 0 Å². The lowest BCUT2D eigenvalue weighted by atomic mass is 10.1. The van der Waals surface area contributed by atoms with Crippen molar-refractivity contribution >= 4 is 23.4 Å². The third-order valence-electron chi connectivity index (χ3n) is 3.23. The summed E-state index contributed by atoms with van der Waals surface area (Å²) in [5, 5.41) is 6.34. The monoisotopic (exact) mass is 301 g/mol. The summed E-state index contributed by atoms with van der Waals surface area (Å²) in [4.78, 5) is 25.4. The second-order valence-corrected chi connectivity index (χ2v) is 5.17. The van der Waals surface area contributed by atoms with Crippen LogP contribution >= 0.6 is 0 Å². The van der Waals surface area contributed by atoms with Crippen LogP contribution in [0.4, 0.5) is 11.5 Å². The number of carbonyl (C=O) groups excluding carboxylic acids is 2. The number of rotatable bonds is 3. The molecule has 0 spiro atoms. The first-order valence-electron chi connectivity index (χ1n) is 6.81. The molecule has 7 nitrogen and oxygen atoms in total. The second-order valence-electron chi connectivity index (χ2n) is 5.17. The Balaban J connectivity index is 1.76. The van der Waals surface area contributed by atoms with Crippen LogP contribution in [0.5, 0.6) is 5.75 Å².